The van der Waals surface area contributed by atoms with E-state index in [0.717, 1.165) is 22.7 Å². The van der Waals surface area contributed by atoms with Gasteiger partial charge in [-0.1, -0.05) is 30.3 Å². The second-order valence-electron chi connectivity index (χ2n) is 6.60. The Labute approximate surface area is 168 Å². The summed E-state index contributed by atoms with van der Waals surface area (Å²) in [4.78, 5) is 13.2. The number of benzene rings is 3. The number of anilines is 2. The van der Waals surface area contributed by atoms with Gasteiger partial charge in [-0.15, -0.1) is 0 Å². The highest BCUT2D eigenvalue weighted by molar-refractivity contribution is 5.87. The van der Waals surface area contributed by atoms with Crippen LogP contribution in [0.5, 0.6) is 11.5 Å². The molecule has 0 fully saturated rings. The number of para-hydroxylation sites is 3. The van der Waals surface area contributed by atoms with Crippen LogP contribution in [0.15, 0.2) is 75.9 Å². The third kappa shape index (κ3) is 3.43. The van der Waals surface area contributed by atoms with E-state index in [9.17, 15) is 4.79 Å². The number of hydrogen-bond donors (Lipinski definition) is 1. The van der Waals surface area contributed by atoms with Gasteiger partial charge in [0.05, 0.1) is 30.9 Å². The van der Waals surface area contributed by atoms with Crippen LogP contribution in [-0.2, 0) is 0 Å². The lowest BCUT2D eigenvalue weighted by Gasteiger charge is -2.13. The topological polar surface area (TPSA) is 60.7 Å². The first-order chi connectivity index (χ1) is 14.1. The van der Waals surface area contributed by atoms with Gasteiger partial charge in [-0.2, -0.15) is 0 Å². The number of nitrogens with one attached hydrogen (secondary N) is 1. The Balaban J connectivity index is 1.81. The average molecular weight is 387 g/mol. The van der Waals surface area contributed by atoms with Crippen molar-refractivity contribution in [2.45, 2.75) is 6.92 Å². The summed E-state index contributed by atoms with van der Waals surface area (Å²) in [5, 5.41) is 3.83. The molecular formula is C24H21NO4. The lowest BCUT2D eigenvalue weighted by molar-refractivity contribution is 0.416. The molecule has 0 aliphatic carbocycles. The van der Waals surface area contributed by atoms with Crippen LogP contribution in [0.4, 0.5) is 11.4 Å². The summed E-state index contributed by atoms with van der Waals surface area (Å²) in [6.07, 6.45) is 0. The maximum atomic E-state index is 13.2. The smallest absolute Gasteiger partial charge is 0.200 e. The maximum absolute atomic E-state index is 13.2. The lowest BCUT2D eigenvalue weighted by Crippen LogP contribution is -2.08. The molecule has 0 bridgehead atoms. The van der Waals surface area contributed by atoms with E-state index in [1.54, 1.807) is 27.2 Å². The Hall–Kier alpha value is -3.73. The van der Waals surface area contributed by atoms with Gasteiger partial charge in [0.15, 0.2) is 0 Å². The normalized spacial score (nSPS) is 10.7. The third-order valence-electron chi connectivity index (χ3n) is 4.83. The van der Waals surface area contributed by atoms with Gasteiger partial charge in [0.25, 0.3) is 0 Å². The summed E-state index contributed by atoms with van der Waals surface area (Å²) in [5.74, 6) is 1.91. The minimum absolute atomic E-state index is 0.0860. The average Bonchev–Trinajstić information content (AvgIpc) is 2.74. The van der Waals surface area contributed by atoms with Crippen molar-refractivity contribution in [3.8, 4) is 22.6 Å². The Morgan fingerprint density at radius 2 is 1.55 bits per heavy atom. The first kappa shape index (κ1) is 18.6. The molecule has 0 aliphatic rings. The molecular weight excluding hydrogens is 366 g/mol. The van der Waals surface area contributed by atoms with E-state index in [2.05, 4.69) is 5.32 Å². The molecule has 3 aromatic carbocycles. The first-order valence-corrected chi connectivity index (χ1v) is 9.23. The summed E-state index contributed by atoms with van der Waals surface area (Å²) >= 11 is 0. The third-order valence-corrected chi connectivity index (χ3v) is 4.83. The van der Waals surface area contributed by atoms with Crippen LogP contribution >= 0.6 is 0 Å². The molecule has 0 saturated heterocycles. The fourth-order valence-electron chi connectivity index (χ4n) is 3.45. The lowest BCUT2D eigenvalue weighted by atomic mass is 10.0. The minimum Gasteiger partial charge on any atom is -0.496 e. The Morgan fingerprint density at radius 1 is 0.862 bits per heavy atom. The molecule has 0 spiro atoms. The van der Waals surface area contributed by atoms with Crippen LogP contribution in [0, 0.1) is 6.92 Å². The predicted octanol–water partition coefficient (Wildman–Crippen LogP) is 5.53. The van der Waals surface area contributed by atoms with E-state index in [1.165, 1.54) is 0 Å². The van der Waals surface area contributed by atoms with Crippen molar-refractivity contribution in [3.63, 3.8) is 0 Å². The SMILES string of the molecule is COc1ccccc1Nc1ccc2c(=O)c(-c3ccccc3OC)c(C)oc2c1. The number of rotatable bonds is 5. The molecule has 1 N–H and O–H groups in total. The van der Waals surface area contributed by atoms with Crippen molar-refractivity contribution < 1.29 is 13.9 Å². The number of methoxy groups -OCH3 is 2. The van der Waals surface area contributed by atoms with Crippen molar-refractivity contribution in [2.75, 3.05) is 19.5 Å². The predicted molar refractivity (Wildman–Crippen MR) is 115 cm³/mol. The summed E-state index contributed by atoms with van der Waals surface area (Å²) in [5.41, 5.74) is 3.30. The van der Waals surface area contributed by atoms with Crippen LogP contribution in [0.2, 0.25) is 0 Å². The molecule has 5 heteroatoms. The highest BCUT2D eigenvalue weighted by atomic mass is 16.5. The van der Waals surface area contributed by atoms with Crippen molar-refractivity contribution in [2.24, 2.45) is 0 Å². The fraction of sp³-hybridized carbons (Fsp3) is 0.125. The molecule has 0 saturated carbocycles. The van der Waals surface area contributed by atoms with E-state index in [0.29, 0.717) is 28.0 Å². The van der Waals surface area contributed by atoms with Gasteiger partial charge in [-0.3, -0.25) is 4.79 Å². The van der Waals surface area contributed by atoms with Crippen LogP contribution < -0.4 is 20.2 Å². The zero-order chi connectivity index (χ0) is 20.4. The zero-order valence-electron chi connectivity index (χ0n) is 16.5. The molecule has 0 amide bonds. The van der Waals surface area contributed by atoms with Crippen LogP contribution in [0.25, 0.3) is 22.1 Å². The van der Waals surface area contributed by atoms with Gasteiger partial charge >= 0.3 is 0 Å². The van der Waals surface area contributed by atoms with Crippen molar-refractivity contribution in [3.05, 3.63) is 82.7 Å². The molecule has 5 nitrogen and oxygen atoms in total. The van der Waals surface area contributed by atoms with Gasteiger partial charge in [0.1, 0.15) is 22.8 Å². The van der Waals surface area contributed by atoms with Crippen LogP contribution in [-0.4, -0.2) is 14.2 Å². The second-order valence-corrected chi connectivity index (χ2v) is 6.60. The Morgan fingerprint density at radius 3 is 2.31 bits per heavy atom. The van der Waals surface area contributed by atoms with Gasteiger partial charge in [-0.05, 0) is 37.3 Å². The standard InChI is InChI=1S/C24H21NO4/c1-15-23(17-8-4-6-10-20(17)27-2)24(26)18-13-12-16(14-22(18)29-15)25-19-9-5-7-11-21(19)28-3/h4-14,25H,1-3H3. The van der Waals surface area contributed by atoms with E-state index in [1.807, 2.05) is 60.7 Å². The van der Waals surface area contributed by atoms with Gasteiger partial charge in [0.2, 0.25) is 5.43 Å². The highest BCUT2D eigenvalue weighted by Crippen LogP contribution is 2.33. The monoisotopic (exact) mass is 387 g/mol. The molecule has 146 valence electrons. The van der Waals surface area contributed by atoms with E-state index in [4.69, 9.17) is 13.9 Å². The van der Waals surface area contributed by atoms with E-state index >= 15 is 0 Å². The molecule has 4 aromatic rings. The van der Waals surface area contributed by atoms with Crippen LogP contribution in [0.1, 0.15) is 5.76 Å². The number of ether oxygens (including phenoxy) is 2. The van der Waals surface area contributed by atoms with Gasteiger partial charge in [-0.25, -0.2) is 0 Å². The second kappa shape index (κ2) is 7.72. The summed E-state index contributed by atoms with van der Waals surface area (Å²) in [6.45, 7) is 1.79. The van der Waals surface area contributed by atoms with Crippen molar-refractivity contribution in [1.82, 2.24) is 0 Å². The number of hydrogen-bond acceptors (Lipinski definition) is 5. The zero-order valence-corrected chi connectivity index (χ0v) is 16.5. The molecule has 0 radical (unpaired) electrons. The highest BCUT2D eigenvalue weighted by Gasteiger charge is 2.17. The largest absolute Gasteiger partial charge is 0.496 e. The quantitative estimate of drug-likeness (QED) is 0.488. The summed E-state index contributed by atoms with van der Waals surface area (Å²) < 4.78 is 16.8. The van der Waals surface area contributed by atoms with E-state index in [-0.39, 0.29) is 5.43 Å². The molecule has 4 rings (SSSR count). The molecule has 0 aliphatic heterocycles. The van der Waals surface area contributed by atoms with Gasteiger partial charge in [0, 0.05) is 17.3 Å². The number of aryl methyl sites for hydroxylation is 1. The van der Waals surface area contributed by atoms with Crippen molar-refractivity contribution in [1.29, 1.82) is 0 Å². The molecule has 1 aromatic heterocycles. The molecule has 29 heavy (non-hydrogen) atoms. The summed E-state index contributed by atoms with van der Waals surface area (Å²) in [7, 11) is 3.22. The van der Waals surface area contributed by atoms with Crippen LogP contribution in [0.3, 0.4) is 0 Å². The Bertz CT molecular complexity index is 1240. The van der Waals surface area contributed by atoms with E-state index < -0.39 is 0 Å². The minimum atomic E-state index is -0.0860. The number of fused-ring (bicyclic) bond motifs is 1. The molecule has 1 heterocycles. The molecule has 0 atom stereocenters. The first-order valence-electron chi connectivity index (χ1n) is 9.23. The fourth-order valence-corrected chi connectivity index (χ4v) is 3.45. The molecule has 0 unspecified atom stereocenters. The van der Waals surface area contributed by atoms with Crippen molar-refractivity contribution >= 4 is 22.3 Å². The Kier molecular flexibility index (Phi) is 4.96. The maximum Gasteiger partial charge on any atom is 0.200 e. The summed E-state index contributed by atoms with van der Waals surface area (Å²) in [6, 6.07) is 20.5. The van der Waals surface area contributed by atoms with Gasteiger partial charge < -0.3 is 19.2 Å².